The zero-order chi connectivity index (χ0) is 21.3. The number of pyridine rings is 1. The molecule has 1 aliphatic rings. The van der Waals surface area contributed by atoms with Gasteiger partial charge in [0.1, 0.15) is 11.3 Å². The summed E-state index contributed by atoms with van der Waals surface area (Å²) in [5.41, 5.74) is 6.39. The number of alkyl halides is 3. The Morgan fingerprint density at radius 2 is 2.03 bits per heavy atom. The standard InChI is InChI=1S/C18H19F3N8O/c19-18(20,21)17-27-14(12-15(28-17)26-9-25-12)24-8-11-2-1-5-23-16(11)29-6-3-10(4-7-29)13(22)30/h1-2,5,9-10H,3-4,6-8H2,(H2,22,30)(H2,24,25,26,27,28). The van der Waals surface area contributed by atoms with E-state index in [4.69, 9.17) is 5.73 Å². The number of nitrogens with two attached hydrogens (primary N) is 1. The molecule has 4 rings (SSSR count). The number of rotatable bonds is 5. The molecule has 0 spiro atoms. The molecular formula is C18H19F3N8O. The van der Waals surface area contributed by atoms with E-state index in [1.54, 1.807) is 12.3 Å². The van der Waals surface area contributed by atoms with Gasteiger partial charge in [0.2, 0.25) is 11.7 Å². The smallest absolute Gasteiger partial charge is 0.369 e. The first-order valence-electron chi connectivity index (χ1n) is 9.33. The van der Waals surface area contributed by atoms with Crippen molar-refractivity contribution in [1.82, 2.24) is 24.9 Å². The maximum atomic E-state index is 13.1. The number of amides is 1. The summed E-state index contributed by atoms with van der Waals surface area (Å²) < 4.78 is 39.4. The van der Waals surface area contributed by atoms with Gasteiger partial charge in [0.05, 0.1) is 6.33 Å². The minimum Gasteiger partial charge on any atom is -0.369 e. The lowest BCUT2D eigenvalue weighted by Gasteiger charge is -2.32. The molecule has 0 bridgehead atoms. The second-order valence-electron chi connectivity index (χ2n) is 7.00. The normalized spacial score (nSPS) is 15.5. The summed E-state index contributed by atoms with van der Waals surface area (Å²) in [5.74, 6) is -0.997. The van der Waals surface area contributed by atoms with Crippen LogP contribution in [0.1, 0.15) is 24.2 Å². The number of aromatic nitrogens is 5. The Morgan fingerprint density at radius 3 is 2.73 bits per heavy atom. The van der Waals surface area contributed by atoms with Crippen LogP contribution >= 0.6 is 0 Å². The Hall–Kier alpha value is -3.44. The number of primary amides is 1. The number of carbonyl (C=O) groups is 1. The molecule has 12 heteroatoms. The fourth-order valence-electron chi connectivity index (χ4n) is 3.50. The maximum absolute atomic E-state index is 13.1. The summed E-state index contributed by atoms with van der Waals surface area (Å²) in [6.07, 6.45) is -0.502. The highest BCUT2D eigenvalue weighted by Gasteiger charge is 2.36. The molecule has 0 aromatic carbocycles. The zero-order valence-electron chi connectivity index (χ0n) is 15.8. The van der Waals surface area contributed by atoms with E-state index in [2.05, 4.69) is 30.2 Å². The number of nitrogens with one attached hydrogen (secondary N) is 2. The quantitative estimate of drug-likeness (QED) is 0.577. The van der Waals surface area contributed by atoms with Gasteiger partial charge in [-0.3, -0.25) is 4.79 Å². The van der Waals surface area contributed by atoms with Gasteiger partial charge in [-0.05, 0) is 18.9 Å². The second-order valence-corrected chi connectivity index (χ2v) is 7.00. The van der Waals surface area contributed by atoms with Crippen molar-refractivity contribution in [3.8, 4) is 0 Å². The van der Waals surface area contributed by atoms with Crippen LogP contribution in [0.15, 0.2) is 24.7 Å². The van der Waals surface area contributed by atoms with Gasteiger partial charge in [-0.2, -0.15) is 13.2 Å². The predicted molar refractivity (Wildman–Crippen MR) is 102 cm³/mol. The number of aromatic amines is 1. The molecular weight excluding hydrogens is 401 g/mol. The molecule has 1 fully saturated rings. The van der Waals surface area contributed by atoms with E-state index in [0.717, 1.165) is 5.56 Å². The topological polar surface area (TPSA) is 126 Å². The van der Waals surface area contributed by atoms with Crippen molar-refractivity contribution < 1.29 is 18.0 Å². The van der Waals surface area contributed by atoms with Crippen LogP contribution in [0.3, 0.4) is 0 Å². The molecule has 0 unspecified atom stereocenters. The Labute approximate surface area is 168 Å². The van der Waals surface area contributed by atoms with Crippen molar-refractivity contribution in [1.29, 1.82) is 0 Å². The molecule has 9 nitrogen and oxygen atoms in total. The maximum Gasteiger partial charge on any atom is 0.451 e. The SMILES string of the molecule is NC(=O)C1CCN(c2ncccc2CNc2nc(C(F)(F)F)nc3nc[nH]c23)CC1. The Kier molecular flexibility index (Phi) is 5.14. The molecule has 0 radical (unpaired) electrons. The average Bonchev–Trinajstić information content (AvgIpc) is 3.20. The van der Waals surface area contributed by atoms with Crippen LogP contribution in [0.4, 0.5) is 24.8 Å². The van der Waals surface area contributed by atoms with Crippen LogP contribution in [0, 0.1) is 5.92 Å². The van der Waals surface area contributed by atoms with Crippen LogP contribution in [-0.4, -0.2) is 43.9 Å². The molecule has 30 heavy (non-hydrogen) atoms. The number of H-pyrrole nitrogens is 1. The van der Waals surface area contributed by atoms with Crippen LogP contribution in [0.5, 0.6) is 0 Å². The van der Waals surface area contributed by atoms with Crippen LogP contribution in [0.25, 0.3) is 11.2 Å². The first-order valence-corrected chi connectivity index (χ1v) is 9.33. The van der Waals surface area contributed by atoms with Gasteiger partial charge in [0.15, 0.2) is 11.5 Å². The van der Waals surface area contributed by atoms with Gasteiger partial charge < -0.3 is 20.9 Å². The lowest BCUT2D eigenvalue weighted by molar-refractivity contribution is -0.144. The highest BCUT2D eigenvalue weighted by atomic mass is 19.4. The van der Waals surface area contributed by atoms with Gasteiger partial charge in [-0.25, -0.2) is 19.9 Å². The fraction of sp³-hybridized carbons (Fsp3) is 0.389. The summed E-state index contributed by atoms with van der Waals surface area (Å²) in [4.78, 5) is 31.5. The molecule has 3 aromatic rings. The highest BCUT2D eigenvalue weighted by molar-refractivity contribution is 5.82. The van der Waals surface area contributed by atoms with E-state index in [1.807, 2.05) is 11.0 Å². The first kappa shape index (κ1) is 19.9. The minimum absolute atomic E-state index is 0.00654. The Morgan fingerprint density at radius 1 is 1.27 bits per heavy atom. The third-order valence-corrected chi connectivity index (χ3v) is 5.05. The lowest BCUT2D eigenvalue weighted by atomic mass is 9.96. The van der Waals surface area contributed by atoms with Crippen molar-refractivity contribution >= 4 is 28.7 Å². The number of fused-ring (bicyclic) bond motifs is 1. The van der Waals surface area contributed by atoms with Crippen LogP contribution < -0.4 is 16.0 Å². The van der Waals surface area contributed by atoms with E-state index < -0.39 is 12.0 Å². The van der Waals surface area contributed by atoms with E-state index in [9.17, 15) is 18.0 Å². The fourth-order valence-corrected chi connectivity index (χ4v) is 3.50. The number of carbonyl (C=O) groups excluding carboxylic acids is 1. The second kappa shape index (κ2) is 7.76. The van der Waals surface area contributed by atoms with Crippen LogP contribution in [0.2, 0.25) is 0 Å². The summed E-state index contributed by atoms with van der Waals surface area (Å²) in [6.45, 7) is 1.43. The van der Waals surface area contributed by atoms with Crippen molar-refractivity contribution in [3.63, 3.8) is 0 Å². The number of nitrogens with zero attached hydrogens (tertiary/aromatic N) is 5. The Bertz CT molecular complexity index is 1060. The highest BCUT2D eigenvalue weighted by Crippen LogP contribution is 2.30. The molecule has 1 aliphatic heterocycles. The number of piperidine rings is 1. The van der Waals surface area contributed by atoms with Crippen molar-refractivity contribution in [2.75, 3.05) is 23.3 Å². The molecule has 0 saturated carbocycles. The van der Waals surface area contributed by atoms with Gasteiger partial charge in [-0.15, -0.1) is 0 Å². The number of hydrogen-bond acceptors (Lipinski definition) is 7. The summed E-state index contributed by atoms with van der Waals surface area (Å²) in [7, 11) is 0. The summed E-state index contributed by atoms with van der Waals surface area (Å²) in [6, 6.07) is 3.59. The van der Waals surface area contributed by atoms with Crippen molar-refractivity contribution in [2.24, 2.45) is 11.7 Å². The van der Waals surface area contributed by atoms with Gasteiger partial charge in [0.25, 0.3) is 0 Å². The average molecular weight is 420 g/mol. The van der Waals surface area contributed by atoms with Gasteiger partial charge in [0, 0.05) is 37.3 Å². The number of hydrogen-bond donors (Lipinski definition) is 3. The van der Waals surface area contributed by atoms with Gasteiger partial charge in [-0.1, -0.05) is 6.07 Å². The molecule has 0 aliphatic carbocycles. The summed E-state index contributed by atoms with van der Waals surface area (Å²) >= 11 is 0. The Balaban J connectivity index is 1.56. The monoisotopic (exact) mass is 420 g/mol. The van der Waals surface area contributed by atoms with E-state index in [0.29, 0.717) is 31.7 Å². The largest absolute Gasteiger partial charge is 0.451 e. The molecule has 4 N–H and O–H groups in total. The van der Waals surface area contributed by atoms with Crippen molar-refractivity contribution in [2.45, 2.75) is 25.6 Å². The summed E-state index contributed by atoms with van der Waals surface area (Å²) in [5, 5.41) is 2.95. The molecule has 1 amide bonds. The number of imidazole rings is 1. The molecule has 1 saturated heterocycles. The molecule has 0 atom stereocenters. The first-order chi connectivity index (χ1) is 14.3. The third kappa shape index (κ3) is 3.98. The molecule has 4 heterocycles. The zero-order valence-corrected chi connectivity index (χ0v) is 15.8. The molecule has 3 aromatic heterocycles. The predicted octanol–water partition coefficient (Wildman–Crippen LogP) is 2.08. The number of anilines is 2. The van der Waals surface area contributed by atoms with E-state index in [-0.39, 0.29) is 35.4 Å². The van der Waals surface area contributed by atoms with Crippen molar-refractivity contribution in [3.05, 3.63) is 36.0 Å². The van der Waals surface area contributed by atoms with E-state index in [1.165, 1.54) is 6.33 Å². The molecule has 158 valence electrons. The minimum atomic E-state index is -4.69. The van der Waals surface area contributed by atoms with Gasteiger partial charge >= 0.3 is 6.18 Å². The third-order valence-electron chi connectivity index (χ3n) is 5.05. The van der Waals surface area contributed by atoms with E-state index >= 15 is 0 Å². The van der Waals surface area contributed by atoms with Crippen LogP contribution in [-0.2, 0) is 17.5 Å². The lowest BCUT2D eigenvalue weighted by Crippen LogP contribution is -2.39. The number of halogens is 3.